The molecule has 2 heteroatoms. The zero-order valence-electron chi connectivity index (χ0n) is 6.64. The number of nitrogens with zero attached hydrogens (tertiary/aromatic N) is 1. The van der Waals surface area contributed by atoms with Crippen molar-refractivity contribution in [2.45, 2.75) is 38.4 Å². The summed E-state index contributed by atoms with van der Waals surface area (Å²) in [5.74, 6) is 0. The van der Waals surface area contributed by atoms with E-state index in [1.54, 1.807) is 0 Å². The topological polar surface area (TPSA) is 15.3 Å². The number of nitrogens with one attached hydrogen (secondary N) is 1. The van der Waals surface area contributed by atoms with Crippen LogP contribution in [-0.2, 0) is 0 Å². The van der Waals surface area contributed by atoms with Gasteiger partial charge in [-0.15, -0.1) is 0 Å². The van der Waals surface area contributed by atoms with E-state index in [1.807, 2.05) is 0 Å². The minimum absolute atomic E-state index is 0.725. The van der Waals surface area contributed by atoms with Crippen molar-refractivity contribution in [2.75, 3.05) is 13.1 Å². The molecule has 0 spiro atoms. The van der Waals surface area contributed by atoms with Gasteiger partial charge in [-0.25, -0.2) is 0 Å². The lowest BCUT2D eigenvalue weighted by molar-refractivity contribution is 0.186. The normalized spacial score (nSPS) is 41.7. The van der Waals surface area contributed by atoms with E-state index in [2.05, 4.69) is 17.1 Å². The van der Waals surface area contributed by atoms with E-state index in [1.165, 1.54) is 32.4 Å². The largest absolute Gasteiger partial charge is 0.298 e. The predicted molar refractivity (Wildman–Crippen MR) is 41.8 cm³/mol. The highest BCUT2D eigenvalue weighted by Gasteiger charge is 2.29. The Labute approximate surface area is 62.6 Å². The Bertz CT molecular complexity index is 110. The van der Waals surface area contributed by atoms with Gasteiger partial charge in [0.15, 0.2) is 0 Å². The first-order chi connectivity index (χ1) is 4.86. The second kappa shape index (κ2) is 2.51. The first kappa shape index (κ1) is 6.62. The molecule has 2 aliphatic rings. The van der Waals surface area contributed by atoms with E-state index in [9.17, 15) is 0 Å². The third-order valence-corrected chi connectivity index (χ3v) is 2.60. The molecule has 0 saturated carbocycles. The zero-order valence-corrected chi connectivity index (χ0v) is 6.64. The molecule has 2 heterocycles. The van der Waals surface area contributed by atoms with E-state index in [-0.39, 0.29) is 0 Å². The second-order valence-electron chi connectivity index (χ2n) is 3.57. The Morgan fingerprint density at radius 2 is 2.30 bits per heavy atom. The molecule has 2 fully saturated rings. The maximum atomic E-state index is 3.58. The summed E-state index contributed by atoms with van der Waals surface area (Å²) >= 11 is 0. The molecule has 10 heavy (non-hydrogen) atoms. The van der Waals surface area contributed by atoms with Crippen molar-refractivity contribution < 1.29 is 0 Å². The van der Waals surface area contributed by atoms with E-state index >= 15 is 0 Å². The molecule has 0 aliphatic carbocycles. The van der Waals surface area contributed by atoms with Crippen LogP contribution in [-0.4, -0.2) is 30.2 Å². The van der Waals surface area contributed by atoms with Gasteiger partial charge in [-0.05, 0) is 32.7 Å². The molecule has 2 unspecified atom stereocenters. The number of fused-ring (bicyclic) bond motifs is 1. The Balaban J connectivity index is 1.97. The molecule has 1 N–H and O–H groups in total. The average Bonchev–Trinajstić information content (AvgIpc) is 2.27. The van der Waals surface area contributed by atoms with Gasteiger partial charge in [-0.2, -0.15) is 0 Å². The van der Waals surface area contributed by atoms with Crippen LogP contribution in [0.5, 0.6) is 0 Å². The van der Waals surface area contributed by atoms with Gasteiger partial charge in [-0.1, -0.05) is 0 Å². The van der Waals surface area contributed by atoms with Crippen LogP contribution in [0.15, 0.2) is 0 Å². The van der Waals surface area contributed by atoms with Crippen molar-refractivity contribution in [3.05, 3.63) is 0 Å². The van der Waals surface area contributed by atoms with Gasteiger partial charge in [-0.3, -0.25) is 10.2 Å². The van der Waals surface area contributed by atoms with Gasteiger partial charge in [0.2, 0.25) is 0 Å². The lowest BCUT2D eigenvalue weighted by Crippen LogP contribution is -2.39. The van der Waals surface area contributed by atoms with Crippen LogP contribution < -0.4 is 5.32 Å². The van der Waals surface area contributed by atoms with Crippen LogP contribution in [0.3, 0.4) is 0 Å². The Hall–Kier alpha value is -0.0800. The standard InChI is InChI=1S/C8H16N2/c1-7-6-10-5-3-2-4-8(10)9-7/h7-9H,2-6H2,1H3. The van der Waals surface area contributed by atoms with Gasteiger partial charge < -0.3 is 0 Å². The molecule has 2 saturated heterocycles. The summed E-state index contributed by atoms with van der Waals surface area (Å²) in [5, 5.41) is 3.58. The maximum Gasteiger partial charge on any atom is 0.0600 e. The van der Waals surface area contributed by atoms with Gasteiger partial charge >= 0.3 is 0 Å². The van der Waals surface area contributed by atoms with Crippen LogP contribution >= 0.6 is 0 Å². The minimum atomic E-state index is 0.725. The molecule has 0 aromatic heterocycles. The van der Waals surface area contributed by atoms with Gasteiger partial charge in [0.25, 0.3) is 0 Å². The summed E-state index contributed by atoms with van der Waals surface area (Å²) in [5.41, 5.74) is 0. The summed E-state index contributed by atoms with van der Waals surface area (Å²) in [6, 6.07) is 0.725. The number of rotatable bonds is 0. The second-order valence-corrected chi connectivity index (χ2v) is 3.57. The minimum Gasteiger partial charge on any atom is -0.298 e. The summed E-state index contributed by atoms with van der Waals surface area (Å²) in [6.07, 6.45) is 4.92. The van der Waals surface area contributed by atoms with Crippen LogP contribution in [0.4, 0.5) is 0 Å². The van der Waals surface area contributed by atoms with E-state index in [0.717, 1.165) is 12.2 Å². The summed E-state index contributed by atoms with van der Waals surface area (Å²) < 4.78 is 0. The van der Waals surface area contributed by atoms with Crippen LogP contribution in [0, 0.1) is 0 Å². The lowest BCUT2D eigenvalue weighted by Gasteiger charge is -2.28. The molecule has 0 aromatic rings. The maximum absolute atomic E-state index is 3.58. The van der Waals surface area contributed by atoms with Crippen molar-refractivity contribution in [3.63, 3.8) is 0 Å². The van der Waals surface area contributed by atoms with E-state index in [4.69, 9.17) is 0 Å². The van der Waals surface area contributed by atoms with Crippen LogP contribution in [0.1, 0.15) is 26.2 Å². The highest BCUT2D eigenvalue weighted by Crippen LogP contribution is 2.19. The summed E-state index contributed by atoms with van der Waals surface area (Å²) in [7, 11) is 0. The monoisotopic (exact) mass is 140 g/mol. The van der Waals surface area contributed by atoms with Crippen molar-refractivity contribution in [1.82, 2.24) is 10.2 Å². The quantitative estimate of drug-likeness (QED) is 0.535. The Morgan fingerprint density at radius 3 is 3.10 bits per heavy atom. The Morgan fingerprint density at radius 1 is 1.40 bits per heavy atom. The smallest absolute Gasteiger partial charge is 0.0600 e. The van der Waals surface area contributed by atoms with Crippen molar-refractivity contribution in [3.8, 4) is 0 Å². The van der Waals surface area contributed by atoms with E-state index < -0.39 is 0 Å². The van der Waals surface area contributed by atoms with Crippen molar-refractivity contribution in [2.24, 2.45) is 0 Å². The fourth-order valence-corrected chi connectivity index (χ4v) is 2.13. The SMILES string of the molecule is CC1CN2CCCCC2N1. The van der Waals surface area contributed by atoms with Crippen molar-refractivity contribution in [1.29, 1.82) is 0 Å². The van der Waals surface area contributed by atoms with Gasteiger partial charge in [0.05, 0.1) is 6.17 Å². The highest BCUT2D eigenvalue weighted by molar-refractivity contribution is 4.86. The molecule has 2 aliphatic heterocycles. The Kier molecular flexibility index (Phi) is 1.66. The van der Waals surface area contributed by atoms with Crippen LogP contribution in [0.25, 0.3) is 0 Å². The van der Waals surface area contributed by atoms with Gasteiger partial charge in [0, 0.05) is 12.6 Å². The zero-order chi connectivity index (χ0) is 6.97. The molecular formula is C8H16N2. The predicted octanol–water partition coefficient (Wildman–Crippen LogP) is 0.790. The molecule has 58 valence electrons. The third-order valence-electron chi connectivity index (χ3n) is 2.60. The van der Waals surface area contributed by atoms with E-state index in [0.29, 0.717) is 0 Å². The number of piperidine rings is 1. The molecule has 0 radical (unpaired) electrons. The van der Waals surface area contributed by atoms with Gasteiger partial charge in [0.1, 0.15) is 0 Å². The molecule has 2 rings (SSSR count). The van der Waals surface area contributed by atoms with Crippen LogP contribution in [0.2, 0.25) is 0 Å². The number of hydrogen-bond acceptors (Lipinski definition) is 2. The average molecular weight is 140 g/mol. The molecule has 2 nitrogen and oxygen atoms in total. The number of hydrogen-bond donors (Lipinski definition) is 1. The lowest BCUT2D eigenvalue weighted by atomic mass is 10.1. The third kappa shape index (κ3) is 1.06. The molecule has 0 bridgehead atoms. The van der Waals surface area contributed by atoms with Crippen molar-refractivity contribution >= 4 is 0 Å². The highest BCUT2D eigenvalue weighted by atomic mass is 15.3. The summed E-state index contributed by atoms with van der Waals surface area (Å²) in [6.45, 7) is 4.87. The molecule has 0 amide bonds. The fourth-order valence-electron chi connectivity index (χ4n) is 2.13. The molecule has 2 atom stereocenters. The molecule has 0 aromatic carbocycles. The summed E-state index contributed by atoms with van der Waals surface area (Å²) in [4.78, 5) is 2.58. The first-order valence-corrected chi connectivity index (χ1v) is 4.36. The molecular weight excluding hydrogens is 124 g/mol. The fraction of sp³-hybridized carbons (Fsp3) is 1.00. The first-order valence-electron chi connectivity index (χ1n) is 4.36.